The Balaban J connectivity index is 0.892. The van der Waals surface area contributed by atoms with Gasteiger partial charge in [0.15, 0.2) is 0 Å². The van der Waals surface area contributed by atoms with E-state index < -0.39 is 78.6 Å². The lowest BCUT2D eigenvalue weighted by Crippen LogP contribution is -2.74. The van der Waals surface area contributed by atoms with Gasteiger partial charge < -0.3 is 49.4 Å². The zero-order valence-electron chi connectivity index (χ0n) is 43.6. The highest BCUT2D eigenvalue weighted by Crippen LogP contribution is 2.64. The average molecular weight is 1250 g/mol. The topological polar surface area (TPSA) is 206 Å². The number of ether oxygens (including phenoxy) is 5. The van der Waals surface area contributed by atoms with E-state index in [1.807, 2.05) is 11.8 Å². The summed E-state index contributed by atoms with van der Waals surface area (Å²) >= 11 is 1.86. The number of carbonyl (C=O) groups is 3. The minimum Gasteiger partial charge on any atom is -0.423 e. The molecule has 2 aliphatic rings. The number of carbonyl (C=O) groups excluding carboxylic acids is 3. The molecule has 1 aromatic carbocycles. The molecule has 470 valence electrons. The minimum absolute atomic E-state index is 0.00692. The quantitative estimate of drug-likeness (QED) is 0.0185. The van der Waals surface area contributed by atoms with Crippen molar-refractivity contribution in [3.05, 3.63) is 46.4 Å². The van der Waals surface area contributed by atoms with Gasteiger partial charge in [-0.25, -0.2) is 9.59 Å². The first-order valence-corrected chi connectivity index (χ1v) is 26.6. The standard InChI is InChI=1S/C48H58F17N7O10S/c49-41(50,42(51,52)43(53,54)44(55,56)45(57,58)46(59,60)47(61,62)48(63,64)65)10-3-13-72-27-32(70-71-72)29-8-9-31-30(26-38(75)82-34(31)24-29)25-37(74)67-12-5-15-78-17-19-80-21-23-81-22-20-79-18-16-77-14-4-11-66-36(73)7-2-1-6-35-39-33(28-83-35)68-40(76)69-39/h8-9,24,26-27,33,35,39H,1-7,10-23,25,28H2,(H,66,73)(H,67,74)(H2,68,69,76)/t33-,35-,39-/m0/s1. The SMILES string of the molecule is O=C(CCCC[C@@H]1SC[C@@H]2NC(=O)N[C@@H]21)NCCCOCCOCCOCCOCCOCCCNC(=O)Cc1cc(=O)oc2cc(-c3cn(CCCC(F)(F)C(F)(F)C(F)(F)C(F)(F)C(F)(F)C(F)(F)C(F)(F)C(F)(F)F)nn3)ccc12. The van der Waals surface area contributed by atoms with E-state index in [0.29, 0.717) is 82.0 Å². The Labute approximate surface area is 465 Å². The molecule has 0 radical (unpaired) electrons. The smallest absolute Gasteiger partial charge is 0.423 e. The van der Waals surface area contributed by atoms with Gasteiger partial charge in [0.25, 0.3) is 0 Å². The Morgan fingerprint density at radius 3 is 1.73 bits per heavy atom. The van der Waals surface area contributed by atoms with Gasteiger partial charge in [-0.15, -0.1) is 5.10 Å². The lowest BCUT2D eigenvalue weighted by atomic mass is 9.88. The molecule has 2 aromatic heterocycles. The number of hydrogen-bond acceptors (Lipinski definition) is 13. The lowest BCUT2D eigenvalue weighted by Gasteiger charge is -2.42. The van der Waals surface area contributed by atoms with Crippen LogP contribution in [0.4, 0.5) is 79.4 Å². The summed E-state index contributed by atoms with van der Waals surface area (Å²) in [5.74, 6) is -56.5. The Morgan fingerprint density at radius 2 is 1.17 bits per heavy atom. The highest BCUT2D eigenvalue weighted by molar-refractivity contribution is 8.00. The molecule has 2 aliphatic heterocycles. The monoisotopic (exact) mass is 1250 g/mol. The highest BCUT2D eigenvalue weighted by Gasteiger charge is 2.95. The van der Waals surface area contributed by atoms with Crippen molar-refractivity contribution in [2.24, 2.45) is 0 Å². The van der Waals surface area contributed by atoms with Gasteiger partial charge in [0.05, 0.1) is 77.6 Å². The van der Waals surface area contributed by atoms with Crippen LogP contribution in [0, 0.1) is 0 Å². The van der Waals surface area contributed by atoms with Crippen LogP contribution in [0.3, 0.4) is 0 Å². The van der Waals surface area contributed by atoms with Gasteiger partial charge in [-0.05, 0) is 43.7 Å². The maximum atomic E-state index is 14.4. The molecule has 2 saturated heterocycles. The van der Waals surface area contributed by atoms with Crippen LogP contribution in [0.25, 0.3) is 22.2 Å². The fourth-order valence-corrected chi connectivity index (χ4v) is 9.82. The molecule has 4 amide bonds. The van der Waals surface area contributed by atoms with Gasteiger partial charge in [0.2, 0.25) is 11.8 Å². The van der Waals surface area contributed by atoms with Gasteiger partial charge in [0, 0.05) is 73.7 Å². The summed E-state index contributed by atoms with van der Waals surface area (Å²) in [5.41, 5.74) is -0.902. The summed E-state index contributed by atoms with van der Waals surface area (Å²) in [5, 5.41) is 19.2. The molecule has 4 N–H and O–H groups in total. The number of fused-ring (bicyclic) bond motifs is 2. The van der Waals surface area contributed by atoms with E-state index in [-0.39, 0.29) is 84.6 Å². The Kier molecular flexibility index (Phi) is 24.1. The number of nitrogens with one attached hydrogen (secondary N) is 4. The Morgan fingerprint density at radius 1 is 0.639 bits per heavy atom. The molecule has 83 heavy (non-hydrogen) atoms. The second-order valence-corrected chi connectivity index (χ2v) is 20.2. The third-order valence-electron chi connectivity index (χ3n) is 12.8. The number of halogens is 17. The summed E-state index contributed by atoms with van der Waals surface area (Å²) in [7, 11) is 0. The molecule has 0 saturated carbocycles. The third kappa shape index (κ3) is 17.0. The van der Waals surface area contributed by atoms with E-state index in [1.165, 1.54) is 18.2 Å². The summed E-state index contributed by atoms with van der Waals surface area (Å²) in [6.45, 7) is 3.08. The van der Waals surface area contributed by atoms with Gasteiger partial charge in [-0.3, -0.25) is 14.3 Å². The average Bonchev–Trinajstić information content (AvgIpc) is 1.48. The van der Waals surface area contributed by atoms with Crippen LogP contribution in [0.2, 0.25) is 0 Å². The van der Waals surface area contributed by atoms with Gasteiger partial charge in [-0.1, -0.05) is 23.8 Å². The first-order chi connectivity index (χ1) is 38.8. The number of thioether (sulfide) groups is 1. The number of urea groups is 1. The molecular weight excluding hydrogens is 1190 g/mol. The molecule has 5 rings (SSSR count). The molecule has 0 spiro atoms. The molecule has 0 aliphatic carbocycles. The van der Waals surface area contributed by atoms with Gasteiger partial charge >= 0.3 is 59.3 Å². The molecular formula is C48H58F17N7O10S. The van der Waals surface area contributed by atoms with Crippen molar-refractivity contribution in [1.29, 1.82) is 0 Å². The van der Waals surface area contributed by atoms with E-state index in [0.717, 1.165) is 37.3 Å². The Bertz CT molecular complexity index is 2650. The molecule has 3 aromatic rings. The van der Waals surface area contributed by atoms with Crippen LogP contribution in [-0.2, 0) is 46.2 Å². The number of benzene rings is 1. The number of aromatic nitrogens is 3. The summed E-state index contributed by atoms with van der Waals surface area (Å²) in [6, 6.07) is 5.21. The first kappa shape index (κ1) is 68.5. The van der Waals surface area contributed by atoms with Crippen molar-refractivity contribution in [1.82, 2.24) is 36.3 Å². The number of unbranched alkanes of at least 4 members (excludes halogenated alkanes) is 1. The summed E-state index contributed by atoms with van der Waals surface area (Å²) in [4.78, 5) is 48.7. The first-order valence-electron chi connectivity index (χ1n) is 25.6. The van der Waals surface area contributed by atoms with E-state index in [1.54, 1.807) is 0 Å². The number of rotatable bonds is 38. The molecule has 2 fully saturated rings. The molecule has 0 unspecified atom stereocenters. The largest absolute Gasteiger partial charge is 0.460 e. The molecule has 0 bridgehead atoms. The van der Waals surface area contributed by atoms with Crippen LogP contribution in [0.5, 0.6) is 0 Å². The van der Waals surface area contributed by atoms with Crippen LogP contribution in [-0.4, -0.2) is 183 Å². The predicted molar refractivity (Wildman–Crippen MR) is 258 cm³/mol. The lowest BCUT2D eigenvalue weighted by molar-refractivity contribution is -0.461. The van der Waals surface area contributed by atoms with Crippen LogP contribution in [0.1, 0.15) is 56.9 Å². The van der Waals surface area contributed by atoms with Crippen molar-refractivity contribution in [3.8, 4) is 11.3 Å². The highest BCUT2D eigenvalue weighted by atomic mass is 32.2. The fourth-order valence-electron chi connectivity index (χ4n) is 8.28. The zero-order valence-corrected chi connectivity index (χ0v) is 44.5. The molecule has 3 atom stereocenters. The van der Waals surface area contributed by atoms with Crippen molar-refractivity contribution in [3.63, 3.8) is 0 Å². The number of alkyl halides is 17. The second kappa shape index (κ2) is 29.2. The molecule has 35 heteroatoms. The van der Waals surface area contributed by atoms with E-state index in [4.69, 9.17) is 28.1 Å². The van der Waals surface area contributed by atoms with Crippen LogP contribution < -0.4 is 26.9 Å². The number of hydrogen-bond donors (Lipinski definition) is 4. The van der Waals surface area contributed by atoms with Gasteiger partial charge in [0.1, 0.15) is 11.3 Å². The maximum absolute atomic E-state index is 14.4. The van der Waals surface area contributed by atoms with E-state index in [2.05, 4.69) is 31.6 Å². The van der Waals surface area contributed by atoms with Crippen molar-refractivity contribution < 1.29 is 117 Å². The number of nitrogens with zero attached hydrogens (tertiary/aromatic N) is 3. The maximum Gasteiger partial charge on any atom is 0.460 e. The fraction of sp³-hybridized carbons (Fsp3) is 0.708. The van der Waals surface area contributed by atoms with Crippen LogP contribution >= 0.6 is 11.8 Å². The van der Waals surface area contributed by atoms with Crippen LogP contribution in [0.15, 0.2) is 39.7 Å². The number of aryl methyl sites for hydroxylation is 1. The molecule has 4 heterocycles. The Hall–Kier alpha value is -5.26. The van der Waals surface area contributed by atoms with Crippen molar-refractivity contribution in [2.45, 2.75) is 129 Å². The minimum atomic E-state index is -8.71. The van der Waals surface area contributed by atoms with Crippen molar-refractivity contribution >= 4 is 40.6 Å². The normalized spacial score (nSPS) is 17.5. The molecule has 17 nitrogen and oxygen atoms in total. The summed E-state index contributed by atoms with van der Waals surface area (Å²) in [6.07, 6.45) is -7.14. The second-order valence-electron chi connectivity index (χ2n) is 18.9. The zero-order chi connectivity index (χ0) is 61.5. The van der Waals surface area contributed by atoms with Gasteiger partial charge in [-0.2, -0.15) is 86.4 Å². The van der Waals surface area contributed by atoms with E-state index in [9.17, 15) is 93.8 Å². The number of amides is 4. The van der Waals surface area contributed by atoms with Crippen molar-refractivity contribution in [2.75, 3.05) is 84.9 Å². The summed E-state index contributed by atoms with van der Waals surface area (Å²) < 4.78 is 265. The third-order valence-corrected chi connectivity index (χ3v) is 14.3. The van der Waals surface area contributed by atoms with E-state index >= 15 is 0 Å². The predicted octanol–water partition coefficient (Wildman–Crippen LogP) is 8.21.